The molecule has 0 radical (unpaired) electrons. The largest absolute Gasteiger partial charge is 0.787 e. The van der Waals surface area contributed by atoms with Crippen molar-refractivity contribution >= 4 is 22.6 Å². The first kappa shape index (κ1) is 27.6. The zero-order valence-corrected chi connectivity index (χ0v) is 13.8. The molecule has 0 aliphatic carbocycles. The van der Waals surface area contributed by atoms with E-state index in [9.17, 15) is 28.4 Å². The Morgan fingerprint density at radius 3 is 0.947 bits per heavy atom. The second kappa shape index (κ2) is 9.27. The van der Waals surface area contributed by atoms with E-state index in [2.05, 4.69) is 16.5 Å². The van der Waals surface area contributed by atoms with E-state index in [1.54, 1.807) is 0 Å². The third kappa shape index (κ3) is 20.8. The van der Waals surface area contributed by atoms with E-state index >= 15 is 0 Å². The second-order valence-corrected chi connectivity index (χ2v) is 8.48. The van der Waals surface area contributed by atoms with E-state index in [1.165, 1.54) is 0 Å². The highest BCUT2D eigenvalue weighted by molar-refractivity contribution is 7.55. The van der Waals surface area contributed by atoms with Gasteiger partial charge < -0.3 is 46.8 Å². The minimum Gasteiger partial charge on any atom is -0.787 e. The highest BCUT2D eigenvalue weighted by Crippen LogP contribution is 2.36. The molecule has 3 atom stereocenters. The number of nitrogens with two attached hydrogens (primary N) is 3. The average molecular weight is 347 g/mol. The van der Waals surface area contributed by atoms with E-state index in [4.69, 9.17) is 0 Å². The van der Waals surface area contributed by atoms with Gasteiger partial charge in [-0.05, 0) is 0 Å². The van der Waals surface area contributed by atoms with Crippen LogP contribution in [0.3, 0.4) is 0 Å². The van der Waals surface area contributed by atoms with E-state index in [0.29, 0.717) is 4.90 Å². The minimum absolute atomic E-state index is 0. The average Bonchev–Trinajstić information content (AvgIpc) is 1.70. The molecule has 13 nitrogen and oxygen atoms in total. The van der Waals surface area contributed by atoms with Gasteiger partial charge in [0.1, 0.15) is 0 Å². The molecule has 0 aliphatic rings. The van der Waals surface area contributed by atoms with Gasteiger partial charge in [0.2, 0.25) is 0 Å². The van der Waals surface area contributed by atoms with Crippen molar-refractivity contribution in [3.63, 3.8) is 0 Å². The van der Waals surface area contributed by atoms with E-state index < -0.39 is 41.4 Å². The van der Waals surface area contributed by atoms with E-state index in [0.717, 1.165) is 0 Å². The summed E-state index contributed by atoms with van der Waals surface area (Å²) in [5.74, 6) is 0. The van der Waals surface area contributed by atoms with E-state index in [-0.39, 0.29) is 18.5 Å². The van der Waals surface area contributed by atoms with Crippen molar-refractivity contribution in [3.8, 4) is 0 Å². The zero-order valence-electron chi connectivity index (χ0n) is 11.1. The van der Waals surface area contributed by atoms with Crippen LogP contribution in [0.25, 0.3) is 0 Å². The van der Waals surface area contributed by atoms with Crippen molar-refractivity contribution < 1.29 is 28.4 Å². The Kier molecular flexibility index (Phi) is 13.5. The standard InChI is InChI=1S/C3H15N4O6P3.3H3N/c4-14(8,9)1-7(2-15(5,10)11)3-16(6,12)13;;;/h1-3H2,(H3,4,8,9)(H3,5,10,11)(H3,6,12,13);3*1H3. The predicted octanol–water partition coefficient (Wildman–Crippen LogP) is -2.17. The summed E-state index contributed by atoms with van der Waals surface area (Å²) in [5.41, 5.74) is 14.0. The topological polar surface area (TPSA) is 311 Å². The van der Waals surface area contributed by atoms with Gasteiger partial charge in [-0.3, -0.25) is 21.4 Å². The first-order chi connectivity index (χ1) is 6.79. The van der Waals surface area contributed by atoms with Crippen LogP contribution in [0.1, 0.15) is 0 Å². The van der Waals surface area contributed by atoms with Crippen LogP contribution in [-0.2, 0) is 13.7 Å². The monoisotopic (exact) mass is 347 g/mol. The Hall–Kier alpha value is 0.290. The fourth-order valence-electron chi connectivity index (χ4n) is 0.970. The van der Waals surface area contributed by atoms with Crippen LogP contribution in [0, 0.1) is 0 Å². The van der Waals surface area contributed by atoms with Gasteiger partial charge in [-0.1, -0.05) is 0 Å². The quantitative estimate of drug-likeness (QED) is 0.282. The molecule has 0 aromatic heterocycles. The fourth-order valence-corrected chi connectivity index (χ4v) is 3.72. The van der Waals surface area contributed by atoms with Crippen molar-refractivity contribution in [1.82, 2.24) is 23.4 Å². The van der Waals surface area contributed by atoms with Crippen LogP contribution in [0.15, 0.2) is 0 Å². The molecule has 0 aromatic rings. The number of hydrogen-bond acceptors (Lipinski definition) is 7. The highest BCUT2D eigenvalue weighted by atomic mass is 31.2. The van der Waals surface area contributed by atoms with Crippen molar-refractivity contribution in [3.05, 3.63) is 0 Å². The summed E-state index contributed by atoms with van der Waals surface area (Å²) in [4.78, 5) is 32.7. The number of quaternary nitrogens is 3. The Labute approximate surface area is 110 Å². The van der Waals surface area contributed by atoms with Gasteiger partial charge in [-0.25, -0.2) is 0 Å². The Morgan fingerprint density at radius 1 is 0.684 bits per heavy atom. The molecular formula is C3H24N7O6P3. The van der Waals surface area contributed by atoms with Crippen LogP contribution in [0.5, 0.6) is 0 Å². The van der Waals surface area contributed by atoms with Crippen molar-refractivity contribution in [1.29, 1.82) is 0 Å². The van der Waals surface area contributed by atoms with E-state index in [1.807, 2.05) is 0 Å². The Balaban J connectivity index is -0.000000375. The molecule has 0 heterocycles. The van der Waals surface area contributed by atoms with Crippen LogP contribution < -0.4 is 49.6 Å². The molecule has 0 aliphatic heterocycles. The molecule has 0 bridgehead atoms. The van der Waals surface area contributed by atoms with Crippen molar-refractivity contribution in [2.45, 2.75) is 0 Å². The summed E-state index contributed by atoms with van der Waals surface area (Å²) >= 11 is 0. The molecule has 0 saturated heterocycles. The lowest BCUT2D eigenvalue weighted by atomic mass is 11.0. The van der Waals surface area contributed by atoms with Gasteiger partial charge in [0.25, 0.3) is 0 Å². The second-order valence-electron chi connectivity index (χ2n) is 3.27. The lowest BCUT2D eigenvalue weighted by molar-refractivity contribution is -0.181. The van der Waals surface area contributed by atoms with Gasteiger partial charge in [-0.15, -0.1) is 0 Å². The lowest BCUT2D eigenvalue weighted by Crippen LogP contribution is -2.37. The summed E-state index contributed by atoms with van der Waals surface area (Å²) in [5, 5.41) is 0. The third-order valence-corrected chi connectivity index (χ3v) is 3.57. The number of hydrogen-bond donors (Lipinski definition) is 6. The minimum atomic E-state index is -4.35. The molecule has 18 N–H and O–H groups in total. The lowest BCUT2D eigenvalue weighted by Gasteiger charge is -2.34. The molecular weight excluding hydrogens is 323 g/mol. The van der Waals surface area contributed by atoms with Crippen LogP contribution >= 0.6 is 22.6 Å². The molecule has 0 fully saturated rings. The predicted molar refractivity (Wildman–Crippen MR) is 69.8 cm³/mol. The van der Waals surface area contributed by atoms with Gasteiger partial charge in [0.05, 0.1) is 41.4 Å². The van der Waals surface area contributed by atoms with Gasteiger partial charge in [-0.2, -0.15) is 0 Å². The SMILES string of the molecule is NP(=O)([O-])CN(CP(N)(=O)[O-])CP(N)(=O)[O-].[NH4+].[NH4+].[NH4+]. The fraction of sp³-hybridized carbons (Fsp3) is 1.00. The van der Waals surface area contributed by atoms with Crippen LogP contribution in [-0.4, -0.2) is 23.8 Å². The normalized spacial score (nSPS) is 19.7. The van der Waals surface area contributed by atoms with Crippen LogP contribution in [0.4, 0.5) is 0 Å². The van der Waals surface area contributed by atoms with Crippen molar-refractivity contribution in [2.75, 3.05) is 18.9 Å². The first-order valence-corrected chi connectivity index (χ1v) is 9.40. The van der Waals surface area contributed by atoms with Gasteiger partial charge in [0, 0.05) is 0 Å². The van der Waals surface area contributed by atoms with Gasteiger partial charge >= 0.3 is 0 Å². The molecule has 0 amide bonds. The molecule has 0 rings (SSSR count). The Morgan fingerprint density at radius 2 is 0.842 bits per heavy atom. The number of nitrogens with zero attached hydrogens (tertiary/aromatic N) is 1. The van der Waals surface area contributed by atoms with Gasteiger partial charge in [0.15, 0.2) is 0 Å². The highest BCUT2D eigenvalue weighted by Gasteiger charge is 2.17. The summed E-state index contributed by atoms with van der Waals surface area (Å²) < 4.78 is 32.1. The Bertz CT molecular complexity index is 315. The van der Waals surface area contributed by atoms with Crippen molar-refractivity contribution in [2.24, 2.45) is 16.5 Å². The molecule has 16 heteroatoms. The molecule has 3 unspecified atom stereocenters. The molecule has 0 aromatic carbocycles. The summed E-state index contributed by atoms with van der Waals surface area (Å²) in [6.07, 6.45) is -2.83. The summed E-state index contributed by atoms with van der Waals surface area (Å²) in [7, 11) is -13.0. The molecule has 122 valence electrons. The first-order valence-electron chi connectivity index (χ1n) is 3.77. The molecule has 19 heavy (non-hydrogen) atoms. The smallest absolute Gasteiger partial charge is 0.0881 e. The summed E-state index contributed by atoms with van der Waals surface area (Å²) in [6, 6.07) is 0. The van der Waals surface area contributed by atoms with Crippen LogP contribution in [0.2, 0.25) is 0 Å². The molecule has 0 saturated carbocycles. The zero-order chi connectivity index (χ0) is 13.2. The maximum atomic E-state index is 10.7. The number of rotatable bonds is 6. The maximum absolute atomic E-state index is 10.7. The molecule has 0 spiro atoms. The third-order valence-electron chi connectivity index (χ3n) is 1.19. The summed E-state index contributed by atoms with van der Waals surface area (Å²) in [6.45, 7) is 0. The maximum Gasteiger partial charge on any atom is 0.0881 e.